The standard InChI is InChI=1S/C15H21F3N2O.ClH/c1-14(9-19)5-6-20(10-14)8-12-3-2-4-13(7-12)21-11-15(16,17)18;/h2-4,7H,5-6,8-11,19H2,1H3;1H. The number of nitrogens with two attached hydrogens (primary N) is 1. The van der Waals surface area contributed by atoms with Gasteiger partial charge in [-0.25, -0.2) is 0 Å². The van der Waals surface area contributed by atoms with Crippen molar-refractivity contribution in [2.75, 3.05) is 26.2 Å². The van der Waals surface area contributed by atoms with E-state index in [-0.39, 0.29) is 23.6 Å². The predicted molar refractivity (Wildman–Crippen MR) is 82.3 cm³/mol. The zero-order chi connectivity index (χ0) is 15.5. The molecule has 7 heteroatoms. The Hall–Kier alpha value is -0.980. The highest BCUT2D eigenvalue weighted by Gasteiger charge is 2.32. The highest BCUT2D eigenvalue weighted by atomic mass is 35.5. The van der Waals surface area contributed by atoms with Gasteiger partial charge in [0.15, 0.2) is 6.61 Å². The Morgan fingerprint density at radius 2 is 2.09 bits per heavy atom. The van der Waals surface area contributed by atoms with Gasteiger partial charge in [-0.3, -0.25) is 4.90 Å². The lowest BCUT2D eigenvalue weighted by Gasteiger charge is -2.22. The molecular formula is C15H22ClF3N2O. The summed E-state index contributed by atoms with van der Waals surface area (Å²) < 4.78 is 41.2. The molecule has 1 atom stereocenters. The maximum Gasteiger partial charge on any atom is 0.422 e. The highest BCUT2D eigenvalue weighted by molar-refractivity contribution is 5.85. The Bertz CT molecular complexity index is 484. The number of hydrogen-bond acceptors (Lipinski definition) is 3. The molecule has 1 aliphatic rings. The van der Waals surface area contributed by atoms with Crippen molar-refractivity contribution in [1.29, 1.82) is 0 Å². The van der Waals surface area contributed by atoms with Crippen molar-refractivity contribution in [3.05, 3.63) is 29.8 Å². The van der Waals surface area contributed by atoms with Crippen LogP contribution in [0.1, 0.15) is 18.9 Å². The maximum atomic E-state index is 12.1. The lowest BCUT2D eigenvalue weighted by Crippen LogP contribution is -2.31. The van der Waals surface area contributed by atoms with Crippen molar-refractivity contribution in [3.63, 3.8) is 0 Å². The molecule has 1 aromatic rings. The van der Waals surface area contributed by atoms with E-state index in [1.807, 2.05) is 6.07 Å². The Kier molecular flexibility index (Phi) is 6.52. The van der Waals surface area contributed by atoms with Gasteiger partial charge >= 0.3 is 6.18 Å². The van der Waals surface area contributed by atoms with E-state index in [1.165, 1.54) is 0 Å². The van der Waals surface area contributed by atoms with Crippen molar-refractivity contribution >= 4 is 12.4 Å². The van der Waals surface area contributed by atoms with Crippen LogP contribution in [0.15, 0.2) is 24.3 Å². The molecule has 1 aromatic carbocycles. The first-order valence-electron chi connectivity index (χ1n) is 7.01. The number of likely N-dealkylation sites (tertiary alicyclic amines) is 1. The van der Waals surface area contributed by atoms with E-state index in [4.69, 9.17) is 10.5 Å². The van der Waals surface area contributed by atoms with E-state index < -0.39 is 12.8 Å². The zero-order valence-electron chi connectivity index (χ0n) is 12.5. The van der Waals surface area contributed by atoms with Gasteiger partial charge in [-0.15, -0.1) is 12.4 Å². The Morgan fingerprint density at radius 1 is 1.36 bits per heavy atom. The van der Waals surface area contributed by atoms with Crippen LogP contribution in [0.4, 0.5) is 13.2 Å². The lowest BCUT2D eigenvalue weighted by atomic mass is 9.90. The third kappa shape index (κ3) is 5.66. The van der Waals surface area contributed by atoms with Gasteiger partial charge in [0.2, 0.25) is 0 Å². The molecule has 1 heterocycles. The van der Waals surface area contributed by atoms with Crippen molar-refractivity contribution in [1.82, 2.24) is 4.90 Å². The SMILES string of the molecule is CC1(CN)CCN(Cc2cccc(OCC(F)(F)F)c2)C1.Cl. The van der Waals surface area contributed by atoms with Crippen molar-refractivity contribution in [2.24, 2.45) is 11.1 Å². The molecule has 2 N–H and O–H groups in total. The minimum atomic E-state index is -4.31. The molecule has 1 fully saturated rings. The largest absolute Gasteiger partial charge is 0.484 e. The van der Waals surface area contributed by atoms with Gasteiger partial charge in [0.1, 0.15) is 5.75 Å². The third-order valence-corrected chi connectivity index (χ3v) is 3.84. The molecule has 0 radical (unpaired) electrons. The summed E-state index contributed by atoms with van der Waals surface area (Å²) in [5.41, 5.74) is 6.87. The molecular weight excluding hydrogens is 317 g/mol. The minimum absolute atomic E-state index is 0. The lowest BCUT2D eigenvalue weighted by molar-refractivity contribution is -0.153. The fraction of sp³-hybridized carbons (Fsp3) is 0.600. The van der Waals surface area contributed by atoms with Crippen LogP contribution in [0.25, 0.3) is 0 Å². The zero-order valence-corrected chi connectivity index (χ0v) is 13.3. The van der Waals surface area contributed by atoms with Crippen LogP contribution in [0.3, 0.4) is 0 Å². The predicted octanol–water partition coefficient (Wildman–Crippen LogP) is 3.22. The van der Waals surface area contributed by atoms with Gasteiger partial charge in [-0.05, 0) is 42.6 Å². The topological polar surface area (TPSA) is 38.5 Å². The Morgan fingerprint density at radius 3 is 2.68 bits per heavy atom. The second-order valence-electron chi connectivity index (χ2n) is 6.03. The van der Waals surface area contributed by atoms with Gasteiger partial charge in [0.25, 0.3) is 0 Å². The van der Waals surface area contributed by atoms with Crippen LogP contribution in [0.2, 0.25) is 0 Å². The summed E-state index contributed by atoms with van der Waals surface area (Å²) in [6.45, 7) is 4.14. The van der Waals surface area contributed by atoms with E-state index >= 15 is 0 Å². The molecule has 1 unspecified atom stereocenters. The average Bonchev–Trinajstić information content (AvgIpc) is 2.78. The number of alkyl halides is 3. The summed E-state index contributed by atoms with van der Waals surface area (Å²) in [5.74, 6) is 0.255. The van der Waals surface area contributed by atoms with E-state index in [1.54, 1.807) is 18.2 Å². The van der Waals surface area contributed by atoms with Gasteiger partial charge < -0.3 is 10.5 Å². The summed E-state index contributed by atoms with van der Waals surface area (Å²) in [7, 11) is 0. The van der Waals surface area contributed by atoms with Gasteiger partial charge in [0.05, 0.1) is 0 Å². The van der Waals surface area contributed by atoms with Crippen LogP contribution < -0.4 is 10.5 Å². The van der Waals surface area contributed by atoms with Gasteiger partial charge in [-0.2, -0.15) is 13.2 Å². The molecule has 0 amide bonds. The monoisotopic (exact) mass is 338 g/mol. The number of benzene rings is 1. The summed E-state index contributed by atoms with van der Waals surface area (Å²) >= 11 is 0. The number of halogens is 4. The Labute approximate surface area is 135 Å². The third-order valence-electron chi connectivity index (χ3n) is 3.84. The second kappa shape index (κ2) is 7.53. The molecule has 0 aromatic heterocycles. The van der Waals surface area contributed by atoms with Crippen LogP contribution in [-0.2, 0) is 6.54 Å². The van der Waals surface area contributed by atoms with E-state index in [0.29, 0.717) is 13.1 Å². The molecule has 126 valence electrons. The minimum Gasteiger partial charge on any atom is -0.484 e. The molecule has 0 bridgehead atoms. The molecule has 0 spiro atoms. The van der Waals surface area contributed by atoms with Crippen LogP contribution in [0, 0.1) is 5.41 Å². The first-order valence-corrected chi connectivity index (χ1v) is 7.01. The first-order chi connectivity index (χ1) is 9.80. The van der Waals surface area contributed by atoms with Gasteiger partial charge in [0, 0.05) is 13.1 Å². The number of nitrogens with zero attached hydrogens (tertiary/aromatic N) is 1. The van der Waals surface area contributed by atoms with Crippen molar-refractivity contribution < 1.29 is 17.9 Å². The molecule has 2 rings (SSSR count). The van der Waals surface area contributed by atoms with Gasteiger partial charge in [-0.1, -0.05) is 19.1 Å². The quantitative estimate of drug-likeness (QED) is 0.896. The second-order valence-corrected chi connectivity index (χ2v) is 6.03. The van der Waals surface area contributed by atoms with Crippen molar-refractivity contribution in [2.45, 2.75) is 26.1 Å². The molecule has 3 nitrogen and oxygen atoms in total. The van der Waals surface area contributed by atoms with Crippen LogP contribution >= 0.6 is 12.4 Å². The van der Waals surface area contributed by atoms with E-state index in [9.17, 15) is 13.2 Å². The fourth-order valence-electron chi connectivity index (χ4n) is 2.58. The van der Waals surface area contributed by atoms with E-state index in [2.05, 4.69) is 11.8 Å². The normalized spacial score (nSPS) is 22.4. The summed E-state index contributed by atoms with van der Waals surface area (Å²) in [5, 5.41) is 0. The molecule has 1 aliphatic heterocycles. The number of rotatable bonds is 5. The summed E-state index contributed by atoms with van der Waals surface area (Å²) in [6, 6.07) is 6.84. The molecule has 0 aliphatic carbocycles. The first kappa shape index (κ1) is 19.1. The highest BCUT2D eigenvalue weighted by Crippen LogP contribution is 2.30. The van der Waals surface area contributed by atoms with Crippen molar-refractivity contribution in [3.8, 4) is 5.75 Å². The molecule has 1 saturated heterocycles. The number of ether oxygens (including phenoxy) is 1. The summed E-state index contributed by atoms with van der Waals surface area (Å²) in [6.07, 6.45) is -3.26. The maximum absolute atomic E-state index is 12.1. The summed E-state index contributed by atoms with van der Waals surface area (Å²) in [4.78, 5) is 2.27. The molecule has 22 heavy (non-hydrogen) atoms. The molecule has 0 saturated carbocycles. The van der Waals surface area contributed by atoms with E-state index in [0.717, 1.165) is 25.1 Å². The smallest absolute Gasteiger partial charge is 0.422 e. The fourth-order valence-corrected chi connectivity index (χ4v) is 2.58. The van der Waals surface area contributed by atoms with Crippen LogP contribution in [0.5, 0.6) is 5.75 Å². The Balaban J connectivity index is 0.00000242. The number of hydrogen-bond donors (Lipinski definition) is 1. The average molecular weight is 339 g/mol. The van der Waals surface area contributed by atoms with Crippen LogP contribution in [-0.4, -0.2) is 37.3 Å².